The van der Waals surface area contributed by atoms with Crippen LogP contribution in [0.25, 0.3) is 10.9 Å². The highest BCUT2D eigenvalue weighted by Gasteiger charge is 2.39. The number of fused-ring (bicyclic) bond motifs is 1. The molecule has 14 atom stereocenters. The van der Waals surface area contributed by atoms with Gasteiger partial charge < -0.3 is 121 Å². The molecule has 0 unspecified atom stereocenters. The van der Waals surface area contributed by atoms with Crippen LogP contribution in [-0.2, 0) is 64.0 Å². The number of aromatic amines is 1. The molecule has 0 aliphatic carbocycles. The SMILES string of the molecule is CC[C@H](C)[C@H](NC(=O)[C@H](CN=C(N)N)NC(=O)[C@@H](NC(=O)[C@H](C)NC(=O)[C@@H](NC(=O)[C@@H](NC(=O)[C@H](CC(C)C)NC(=O)[C@H](CCCN=C(N)N)NC(=O)[C@@H](N)C(C)C)[C@@H](C)CC)C(C)C)C(C)C)C(=O)N[C@@H](Cc1c[nH]c2ccccc12)C(=O)N[C@@H](CCCN=C(N)N)C(=O)N[C@@H](CCCN=C(N)N)C(N)=O. The fourth-order valence-electron chi connectivity index (χ4n) is 10.9. The lowest BCUT2D eigenvalue weighted by molar-refractivity contribution is -0.137. The Kier molecular flexibility index (Phi) is 40.1. The highest BCUT2D eigenvalue weighted by molar-refractivity contribution is 6.00. The largest absolute Gasteiger partial charge is 0.370 e. The molecule has 2 aromatic rings. The summed E-state index contributed by atoms with van der Waals surface area (Å²) >= 11 is 0. The molecule has 0 aliphatic rings. The third-order valence-electron chi connectivity index (χ3n) is 17.8. The van der Waals surface area contributed by atoms with E-state index in [2.05, 4.69) is 83.4 Å². The number of hydrogen-bond acceptors (Lipinski definition) is 17. The standard InChI is InChI=1S/C69H122N26O12/c1-14-37(11)52(64(106)90-47(30-40-31-83-42-22-17-16-21-41(40)42)58(100)87-44(24-19-27-81-67(74)75)56(98)86-43(54(71)96)23-18-26-80-66(72)73)95-60(102)48(32-84-69(78)79)91-63(105)51(36(9)10)92-55(97)39(13)85-62(104)50(35(7)8)93-65(107)53(38(12)15-2)94-59(101)46(29-33(3)4)89-57(99)45(25-20-28-82-68(76)77)88-61(103)49(70)34(5)6/h16-17,21-22,31,33-39,43-53,83H,14-15,18-20,23-30,32,70H2,1-13H3,(H2,71,96)(H,85,104)(H,86,98)(H,87,100)(H,88,103)(H,89,99)(H,90,106)(H,91,105)(H,92,97)(H,93,107)(H,94,101)(H,95,102)(H4,72,73,80)(H4,74,75,81)(H4,76,77,82)(H4,78,79,84)/t37-,38-,39-,43-,44-,45-,46-,47-,48-,49-,50-,51-,52-,53-/m0/s1. The number of aromatic nitrogens is 1. The van der Waals surface area contributed by atoms with Gasteiger partial charge in [-0.2, -0.15) is 0 Å². The van der Waals surface area contributed by atoms with Crippen LogP contribution in [0.3, 0.4) is 0 Å². The average Bonchev–Trinajstić information content (AvgIpc) is 1.72. The van der Waals surface area contributed by atoms with E-state index in [1.165, 1.54) is 6.92 Å². The number of carbonyl (C=O) groups excluding carboxylic acids is 12. The molecule has 0 bridgehead atoms. The van der Waals surface area contributed by atoms with Crippen molar-refractivity contribution < 1.29 is 57.5 Å². The van der Waals surface area contributed by atoms with Gasteiger partial charge in [-0.15, -0.1) is 0 Å². The van der Waals surface area contributed by atoms with E-state index < -0.39 is 180 Å². The summed E-state index contributed by atoms with van der Waals surface area (Å²) in [5, 5.41) is 30.3. The molecular weight excluding hydrogens is 1380 g/mol. The van der Waals surface area contributed by atoms with Gasteiger partial charge in [-0.25, -0.2) is 0 Å². The minimum Gasteiger partial charge on any atom is -0.370 e. The van der Waals surface area contributed by atoms with E-state index in [1.54, 1.807) is 99.7 Å². The van der Waals surface area contributed by atoms with Crippen LogP contribution in [0.15, 0.2) is 50.4 Å². The molecule has 0 radical (unpaired) electrons. The van der Waals surface area contributed by atoms with Crippen molar-refractivity contribution in [3.63, 3.8) is 0 Å². The molecule has 12 amide bonds. The first kappa shape index (κ1) is 92.5. The molecular formula is C69H122N26O12. The minimum absolute atomic E-state index is 0.0297. The highest BCUT2D eigenvalue weighted by Crippen LogP contribution is 2.21. The number of nitrogens with two attached hydrogens (primary N) is 10. The van der Waals surface area contributed by atoms with Crippen molar-refractivity contribution in [3.05, 3.63) is 36.0 Å². The molecule has 1 aromatic heterocycles. The molecule has 107 heavy (non-hydrogen) atoms. The molecule has 0 spiro atoms. The lowest BCUT2D eigenvalue weighted by Crippen LogP contribution is -2.62. The Morgan fingerprint density at radius 2 is 0.757 bits per heavy atom. The van der Waals surface area contributed by atoms with Crippen LogP contribution in [0, 0.1) is 35.5 Å². The van der Waals surface area contributed by atoms with E-state index in [-0.39, 0.29) is 107 Å². The van der Waals surface area contributed by atoms with Crippen molar-refractivity contribution in [2.45, 2.75) is 227 Å². The predicted octanol–water partition coefficient (Wildman–Crippen LogP) is -4.58. The van der Waals surface area contributed by atoms with Crippen LogP contribution < -0.4 is 116 Å². The van der Waals surface area contributed by atoms with E-state index in [0.717, 1.165) is 0 Å². The smallest absolute Gasteiger partial charge is 0.245 e. The number of hydrogen-bond donors (Lipinski definition) is 22. The first-order valence-electron chi connectivity index (χ1n) is 36.3. The topological polar surface area (TPSA) is 663 Å². The van der Waals surface area contributed by atoms with Gasteiger partial charge >= 0.3 is 0 Å². The molecule has 32 N–H and O–H groups in total. The van der Waals surface area contributed by atoms with Gasteiger partial charge in [-0.3, -0.25) is 77.5 Å². The molecule has 600 valence electrons. The van der Waals surface area contributed by atoms with Crippen LogP contribution >= 0.6 is 0 Å². The maximum atomic E-state index is 14.9. The van der Waals surface area contributed by atoms with Gasteiger partial charge in [0.25, 0.3) is 0 Å². The molecule has 0 aliphatic heterocycles. The van der Waals surface area contributed by atoms with E-state index >= 15 is 0 Å². The number of guanidine groups is 4. The zero-order valence-electron chi connectivity index (χ0n) is 64.1. The fraction of sp³-hybridized carbons (Fsp3) is 0.652. The number of amides is 12. The molecule has 0 saturated carbocycles. The molecule has 1 heterocycles. The Balaban J connectivity index is 2.48. The highest BCUT2D eigenvalue weighted by atomic mass is 16.2. The van der Waals surface area contributed by atoms with Crippen LogP contribution in [0.2, 0.25) is 0 Å². The minimum atomic E-state index is -1.63. The van der Waals surface area contributed by atoms with Crippen molar-refractivity contribution in [3.8, 4) is 0 Å². The molecule has 2 rings (SSSR count). The van der Waals surface area contributed by atoms with Crippen LogP contribution in [0.4, 0.5) is 0 Å². The van der Waals surface area contributed by atoms with Gasteiger partial charge in [0, 0.05) is 43.2 Å². The maximum Gasteiger partial charge on any atom is 0.245 e. The van der Waals surface area contributed by atoms with E-state index in [0.29, 0.717) is 22.9 Å². The molecule has 0 saturated heterocycles. The molecule has 38 nitrogen and oxygen atoms in total. The van der Waals surface area contributed by atoms with E-state index in [9.17, 15) is 57.5 Å². The molecule has 38 heteroatoms. The Hall–Kier alpha value is -10.6. The monoisotopic (exact) mass is 1510 g/mol. The summed E-state index contributed by atoms with van der Waals surface area (Å²) < 4.78 is 0. The van der Waals surface area contributed by atoms with Crippen molar-refractivity contribution in [1.29, 1.82) is 0 Å². The van der Waals surface area contributed by atoms with Gasteiger partial charge in [-0.1, -0.05) is 114 Å². The van der Waals surface area contributed by atoms with Crippen LogP contribution in [0.1, 0.15) is 153 Å². The third kappa shape index (κ3) is 32.8. The summed E-state index contributed by atoms with van der Waals surface area (Å²) in [6.45, 7) is 21.6. The first-order chi connectivity index (χ1) is 50.1. The summed E-state index contributed by atoms with van der Waals surface area (Å²) in [5.74, 6) is -13.7. The number of primary amides is 1. The van der Waals surface area contributed by atoms with Crippen molar-refractivity contribution >= 4 is 106 Å². The Morgan fingerprint density at radius 3 is 1.21 bits per heavy atom. The summed E-state index contributed by atoms with van der Waals surface area (Å²) in [5.41, 5.74) is 57.5. The maximum absolute atomic E-state index is 14.9. The summed E-state index contributed by atoms with van der Waals surface area (Å²) in [6.07, 6.45) is 2.96. The summed E-state index contributed by atoms with van der Waals surface area (Å²) in [7, 11) is 0. The second kappa shape index (κ2) is 46.4. The second-order valence-corrected chi connectivity index (χ2v) is 28.3. The number of aliphatic imine (C=N–C) groups is 4. The number of para-hydroxylation sites is 1. The lowest BCUT2D eigenvalue weighted by Gasteiger charge is -2.31. The Bertz CT molecular complexity index is 3410. The quantitative estimate of drug-likeness (QED) is 0.0168. The van der Waals surface area contributed by atoms with Gasteiger partial charge in [-0.05, 0) is 99.0 Å². The number of nitrogens with zero attached hydrogens (tertiary/aromatic N) is 4. The number of benzene rings is 1. The number of H-pyrrole nitrogens is 1. The van der Waals surface area contributed by atoms with Crippen molar-refractivity contribution in [2.24, 2.45) is 113 Å². The number of carbonyl (C=O) groups is 12. The number of nitrogens with one attached hydrogen (secondary N) is 12. The van der Waals surface area contributed by atoms with Gasteiger partial charge in [0.1, 0.15) is 66.5 Å². The molecule has 0 fully saturated rings. The molecule has 1 aromatic carbocycles. The zero-order valence-corrected chi connectivity index (χ0v) is 64.1. The summed E-state index contributed by atoms with van der Waals surface area (Å²) in [6, 6.07) is -8.54. The Morgan fingerprint density at radius 1 is 0.393 bits per heavy atom. The van der Waals surface area contributed by atoms with E-state index in [1.807, 2.05) is 13.8 Å². The normalized spacial score (nSPS) is 15.2. The van der Waals surface area contributed by atoms with Crippen LogP contribution in [-0.4, -0.2) is 198 Å². The average molecular weight is 1510 g/mol. The van der Waals surface area contributed by atoms with Gasteiger partial charge in [0.05, 0.1) is 12.6 Å². The second-order valence-electron chi connectivity index (χ2n) is 28.3. The van der Waals surface area contributed by atoms with Gasteiger partial charge in [0.2, 0.25) is 70.9 Å². The fourth-order valence-corrected chi connectivity index (χ4v) is 10.9. The van der Waals surface area contributed by atoms with Gasteiger partial charge in [0.15, 0.2) is 23.8 Å². The lowest BCUT2D eigenvalue weighted by atomic mass is 9.95. The zero-order chi connectivity index (χ0) is 81.1. The third-order valence-corrected chi connectivity index (χ3v) is 17.8. The summed E-state index contributed by atoms with van der Waals surface area (Å²) in [4.78, 5) is 189. The van der Waals surface area contributed by atoms with E-state index in [4.69, 9.17) is 57.3 Å². The van der Waals surface area contributed by atoms with Crippen molar-refractivity contribution in [2.75, 3.05) is 26.2 Å². The van der Waals surface area contributed by atoms with Crippen molar-refractivity contribution in [1.82, 2.24) is 63.5 Å². The van der Waals surface area contributed by atoms with Crippen LogP contribution in [0.5, 0.6) is 0 Å². The number of rotatable bonds is 48. The predicted molar refractivity (Wildman–Crippen MR) is 409 cm³/mol. The Labute approximate surface area is 626 Å². The first-order valence-corrected chi connectivity index (χ1v) is 36.3.